The first-order valence-electron chi connectivity index (χ1n) is 8.77. The van der Waals surface area contributed by atoms with Gasteiger partial charge in [0.2, 0.25) is 5.91 Å². The molecule has 2 fully saturated rings. The molecule has 4 amide bonds. The van der Waals surface area contributed by atoms with Gasteiger partial charge in [-0.2, -0.15) is 5.10 Å². The van der Waals surface area contributed by atoms with Crippen LogP contribution in [0.2, 0.25) is 0 Å². The molecule has 140 valence electrons. The highest BCUT2D eigenvalue weighted by molar-refractivity contribution is 6.10. The Labute approximate surface area is 155 Å². The van der Waals surface area contributed by atoms with E-state index in [-0.39, 0.29) is 18.4 Å². The van der Waals surface area contributed by atoms with Crippen molar-refractivity contribution in [2.24, 2.45) is 13.0 Å². The highest BCUT2D eigenvalue weighted by atomic mass is 16.2. The van der Waals surface area contributed by atoms with Gasteiger partial charge in [0.05, 0.1) is 0 Å². The fourth-order valence-corrected chi connectivity index (χ4v) is 3.35. The van der Waals surface area contributed by atoms with E-state index in [1.165, 1.54) is 0 Å². The van der Waals surface area contributed by atoms with Crippen LogP contribution in [0.3, 0.4) is 0 Å². The lowest BCUT2D eigenvalue weighted by atomic mass is 9.96. The fraction of sp³-hybridized carbons (Fsp3) is 0.389. The molecule has 9 nitrogen and oxygen atoms in total. The number of nitrogens with one attached hydrogen (secondary N) is 2. The summed E-state index contributed by atoms with van der Waals surface area (Å²) in [6.45, 7) is 1.41. The average Bonchev–Trinajstić information content (AvgIpc) is 3.36. The molecule has 27 heavy (non-hydrogen) atoms. The van der Waals surface area contributed by atoms with Crippen molar-refractivity contribution in [3.8, 4) is 11.4 Å². The Morgan fingerprint density at radius 1 is 1.37 bits per heavy atom. The predicted molar refractivity (Wildman–Crippen MR) is 96.4 cm³/mol. The van der Waals surface area contributed by atoms with Crippen LogP contribution in [0.5, 0.6) is 0 Å². The van der Waals surface area contributed by atoms with Gasteiger partial charge in [-0.05, 0) is 37.8 Å². The van der Waals surface area contributed by atoms with Crippen LogP contribution in [0.15, 0.2) is 30.6 Å². The molecule has 1 aromatic carbocycles. The van der Waals surface area contributed by atoms with Crippen LogP contribution in [-0.2, 0) is 16.6 Å². The van der Waals surface area contributed by atoms with E-state index in [0.29, 0.717) is 11.5 Å². The Morgan fingerprint density at radius 2 is 2.15 bits per heavy atom. The third kappa shape index (κ3) is 3.16. The van der Waals surface area contributed by atoms with Gasteiger partial charge in [0, 0.05) is 18.3 Å². The highest BCUT2D eigenvalue weighted by Crippen LogP contribution is 2.42. The maximum absolute atomic E-state index is 12.6. The van der Waals surface area contributed by atoms with Gasteiger partial charge in [0.1, 0.15) is 18.4 Å². The molecule has 1 saturated carbocycles. The molecule has 1 saturated heterocycles. The maximum Gasteiger partial charge on any atom is 0.325 e. The second-order valence-electron chi connectivity index (χ2n) is 7.17. The molecule has 0 spiro atoms. The third-order valence-electron chi connectivity index (χ3n) is 5.00. The molecule has 2 heterocycles. The van der Waals surface area contributed by atoms with E-state index in [0.717, 1.165) is 23.3 Å². The summed E-state index contributed by atoms with van der Waals surface area (Å²) in [5.74, 6) is -0.0753. The lowest BCUT2D eigenvalue weighted by Crippen LogP contribution is -2.46. The fourth-order valence-electron chi connectivity index (χ4n) is 3.35. The van der Waals surface area contributed by atoms with Crippen molar-refractivity contribution in [3.05, 3.63) is 30.6 Å². The first-order valence-corrected chi connectivity index (χ1v) is 8.77. The summed E-state index contributed by atoms with van der Waals surface area (Å²) in [6.07, 6.45) is 3.42. The van der Waals surface area contributed by atoms with Gasteiger partial charge in [-0.1, -0.05) is 12.1 Å². The van der Waals surface area contributed by atoms with Crippen LogP contribution in [0.25, 0.3) is 11.4 Å². The zero-order valence-corrected chi connectivity index (χ0v) is 15.1. The molecular formula is C18H20N6O3. The number of urea groups is 1. The van der Waals surface area contributed by atoms with Crippen LogP contribution >= 0.6 is 0 Å². The zero-order valence-electron chi connectivity index (χ0n) is 15.1. The Hall–Kier alpha value is -3.23. The van der Waals surface area contributed by atoms with Crippen molar-refractivity contribution >= 4 is 23.5 Å². The number of benzene rings is 1. The average molecular weight is 368 g/mol. The molecule has 1 aliphatic carbocycles. The van der Waals surface area contributed by atoms with E-state index in [4.69, 9.17) is 0 Å². The lowest BCUT2D eigenvalue weighted by molar-refractivity contribution is -0.134. The molecule has 2 aliphatic rings. The molecule has 0 radical (unpaired) electrons. The number of aryl methyl sites for hydroxylation is 1. The van der Waals surface area contributed by atoms with Gasteiger partial charge in [-0.25, -0.2) is 9.78 Å². The lowest BCUT2D eigenvalue weighted by Gasteiger charge is -2.20. The van der Waals surface area contributed by atoms with Crippen molar-refractivity contribution in [1.29, 1.82) is 0 Å². The molecule has 1 unspecified atom stereocenters. The number of rotatable bonds is 5. The summed E-state index contributed by atoms with van der Waals surface area (Å²) in [7, 11) is 1.77. The molecule has 2 aromatic rings. The van der Waals surface area contributed by atoms with E-state index in [9.17, 15) is 14.4 Å². The second kappa shape index (κ2) is 6.19. The smallest absolute Gasteiger partial charge is 0.325 e. The van der Waals surface area contributed by atoms with Crippen molar-refractivity contribution in [3.63, 3.8) is 0 Å². The summed E-state index contributed by atoms with van der Waals surface area (Å²) in [5.41, 5.74) is 0.411. The van der Waals surface area contributed by atoms with E-state index in [2.05, 4.69) is 20.7 Å². The number of carbonyl (C=O) groups is 3. The Morgan fingerprint density at radius 3 is 2.81 bits per heavy atom. The molecule has 1 atom stereocenters. The Kier molecular flexibility index (Phi) is 3.94. The topological polar surface area (TPSA) is 109 Å². The van der Waals surface area contributed by atoms with Crippen LogP contribution in [0, 0.1) is 5.92 Å². The van der Waals surface area contributed by atoms with Gasteiger partial charge in [-0.15, -0.1) is 0 Å². The van der Waals surface area contributed by atoms with Crippen LogP contribution in [-0.4, -0.2) is 49.6 Å². The van der Waals surface area contributed by atoms with Gasteiger partial charge >= 0.3 is 6.03 Å². The van der Waals surface area contributed by atoms with Gasteiger partial charge in [-0.3, -0.25) is 19.2 Å². The van der Waals surface area contributed by atoms with Crippen molar-refractivity contribution in [1.82, 2.24) is 25.0 Å². The van der Waals surface area contributed by atoms with Gasteiger partial charge in [0.15, 0.2) is 5.82 Å². The van der Waals surface area contributed by atoms with E-state index in [1.54, 1.807) is 43.2 Å². The molecule has 1 aliphatic heterocycles. The minimum Gasteiger partial charge on any atom is -0.325 e. The van der Waals surface area contributed by atoms with Crippen LogP contribution in [0.1, 0.15) is 19.8 Å². The standard InChI is InChI=1S/C18H20N6O3/c1-18(12-6-7-12)16(26)24(17(27)21-18)9-14(25)20-13-5-3-4-11(8-13)15-19-10-23(2)22-15/h3-5,8,10,12H,6-7,9H2,1-2H3,(H,20,25)(H,21,27). The minimum atomic E-state index is -0.887. The number of amides is 4. The van der Waals surface area contributed by atoms with Crippen LogP contribution < -0.4 is 10.6 Å². The Balaban J connectivity index is 1.44. The van der Waals surface area contributed by atoms with Gasteiger partial charge in [0.25, 0.3) is 5.91 Å². The number of imide groups is 1. The summed E-state index contributed by atoms with van der Waals surface area (Å²) >= 11 is 0. The number of hydrogen-bond donors (Lipinski definition) is 2. The number of aromatic nitrogens is 3. The predicted octanol–water partition coefficient (Wildman–Crippen LogP) is 1.14. The summed E-state index contributed by atoms with van der Waals surface area (Å²) in [4.78, 5) is 42.3. The Bertz CT molecular complexity index is 935. The third-order valence-corrected chi connectivity index (χ3v) is 5.00. The van der Waals surface area contributed by atoms with Crippen molar-refractivity contribution in [2.75, 3.05) is 11.9 Å². The van der Waals surface area contributed by atoms with E-state index >= 15 is 0 Å². The second-order valence-corrected chi connectivity index (χ2v) is 7.17. The SMILES string of the molecule is Cn1cnc(-c2cccc(NC(=O)CN3C(=O)NC(C)(C4CC4)C3=O)c2)n1. The number of hydrogen-bond acceptors (Lipinski definition) is 5. The minimum absolute atomic E-state index is 0.157. The van der Waals surface area contributed by atoms with E-state index < -0.39 is 17.5 Å². The number of anilines is 1. The van der Waals surface area contributed by atoms with Crippen molar-refractivity contribution in [2.45, 2.75) is 25.3 Å². The van der Waals surface area contributed by atoms with Gasteiger partial charge < -0.3 is 10.6 Å². The molecular weight excluding hydrogens is 348 g/mol. The summed E-state index contributed by atoms with van der Waals surface area (Å²) in [6, 6.07) is 6.57. The van der Waals surface area contributed by atoms with Crippen LogP contribution in [0.4, 0.5) is 10.5 Å². The molecule has 9 heteroatoms. The molecule has 2 N–H and O–H groups in total. The van der Waals surface area contributed by atoms with E-state index in [1.807, 2.05) is 6.07 Å². The zero-order chi connectivity index (χ0) is 19.2. The normalized spacial score (nSPS) is 22.1. The molecule has 4 rings (SSSR count). The molecule has 0 bridgehead atoms. The summed E-state index contributed by atoms with van der Waals surface area (Å²) in [5, 5.41) is 9.69. The highest BCUT2D eigenvalue weighted by Gasteiger charge is 2.56. The first kappa shape index (κ1) is 17.2. The number of nitrogens with zero attached hydrogens (tertiary/aromatic N) is 4. The quantitative estimate of drug-likeness (QED) is 0.769. The molecule has 1 aromatic heterocycles. The maximum atomic E-state index is 12.6. The monoisotopic (exact) mass is 368 g/mol. The van der Waals surface area contributed by atoms with Crippen molar-refractivity contribution < 1.29 is 14.4 Å². The first-order chi connectivity index (χ1) is 12.9. The number of carbonyl (C=O) groups excluding carboxylic acids is 3. The largest absolute Gasteiger partial charge is 0.325 e. The summed E-state index contributed by atoms with van der Waals surface area (Å²) < 4.78 is 1.59.